The van der Waals surface area contributed by atoms with Crippen molar-refractivity contribution in [3.63, 3.8) is 0 Å². The molecule has 2 atom stereocenters. The highest BCUT2D eigenvalue weighted by molar-refractivity contribution is 5.40. The third-order valence-electron chi connectivity index (χ3n) is 3.62. The molecule has 1 rings (SSSR count). The lowest BCUT2D eigenvalue weighted by Gasteiger charge is -2.24. The van der Waals surface area contributed by atoms with Crippen LogP contribution in [0.25, 0.3) is 0 Å². The summed E-state index contributed by atoms with van der Waals surface area (Å²) in [5, 5.41) is 0. The molecule has 3 heteroatoms. The van der Waals surface area contributed by atoms with Crippen molar-refractivity contribution in [3.8, 4) is 5.75 Å². The SMILES string of the molecule is CCC(CN)C(N)c1ccc(C(C)C)cc1OC. The zero-order valence-corrected chi connectivity index (χ0v) is 11.9. The smallest absolute Gasteiger partial charge is 0.123 e. The van der Waals surface area contributed by atoms with Crippen LogP contribution in [-0.2, 0) is 0 Å². The van der Waals surface area contributed by atoms with E-state index in [4.69, 9.17) is 16.2 Å². The second-order valence-corrected chi connectivity index (χ2v) is 5.09. The van der Waals surface area contributed by atoms with Gasteiger partial charge in [0.1, 0.15) is 5.75 Å². The Morgan fingerprint density at radius 2 is 1.94 bits per heavy atom. The van der Waals surface area contributed by atoms with Crippen molar-refractivity contribution in [2.24, 2.45) is 17.4 Å². The quantitative estimate of drug-likeness (QED) is 0.816. The van der Waals surface area contributed by atoms with E-state index >= 15 is 0 Å². The van der Waals surface area contributed by atoms with E-state index in [1.807, 2.05) is 0 Å². The van der Waals surface area contributed by atoms with Crippen LogP contribution in [-0.4, -0.2) is 13.7 Å². The Balaban J connectivity index is 3.08. The highest BCUT2D eigenvalue weighted by Crippen LogP contribution is 2.32. The van der Waals surface area contributed by atoms with E-state index in [-0.39, 0.29) is 6.04 Å². The molecule has 0 fully saturated rings. The number of rotatable bonds is 6. The third kappa shape index (κ3) is 3.24. The van der Waals surface area contributed by atoms with Gasteiger partial charge in [0, 0.05) is 11.6 Å². The van der Waals surface area contributed by atoms with E-state index in [9.17, 15) is 0 Å². The molecule has 18 heavy (non-hydrogen) atoms. The van der Waals surface area contributed by atoms with Gasteiger partial charge in [-0.25, -0.2) is 0 Å². The highest BCUT2D eigenvalue weighted by atomic mass is 16.5. The van der Waals surface area contributed by atoms with Crippen LogP contribution in [0.1, 0.15) is 50.3 Å². The summed E-state index contributed by atoms with van der Waals surface area (Å²) in [6, 6.07) is 6.24. The lowest BCUT2D eigenvalue weighted by atomic mass is 9.89. The zero-order valence-electron chi connectivity index (χ0n) is 11.9. The largest absolute Gasteiger partial charge is 0.496 e. The maximum Gasteiger partial charge on any atom is 0.123 e. The van der Waals surface area contributed by atoms with Gasteiger partial charge in [0.25, 0.3) is 0 Å². The van der Waals surface area contributed by atoms with Crippen molar-refractivity contribution >= 4 is 0 Å². The molecule has 1 aromatic rings. The molecule has 2 unspecified atom stereocenters. The van der Waals surface area contributed by atoms with Gasteiger partial charge < -0.3 is 16.2 Å². The fraction of sp³-hybridized carbons (Fsp3) is 0.600. The van der Waals surface area contributed by atoms with Crippen LogP contribution in [0.2, 0.25) is 0 Å². The topological polar surface area (TPSA) is 61.3 Å². The number of benzene rings is 1. The van der Waals surface area contributed by atoms with Crippen LogP contribution in [0.5, 0.6) is 5.75 Å². The van der Waals surface area contributed by atoms with E-state index in [0.29, 0.717) is 18.4 Å². The van der Waals surface area contributed by atoms with Gasteiger partial charge in [0.05, 0.1) is 7.11 Å². The maximum atomic E-state index is 6.30. The van der Waals surface area contributed by atoms with Crippen LogP contribution in [0, 0.1) is 5.92 Å². The molecule has 1 aromatic carbocycles. The summed E-state index contributed by atoms with van der Waals surface area (Å²) in [6.07, 6.45) is 0.979. The first-order valence-corrected chi connectivity index (χ1v) is 6.68. The molecule has 0 aromatic heterocycles. The fourth-order valence-electron chi connectivity index (χ4n) is 2.18. The number of hydrogen-bond acceptors (Lipinski definition) is 3. The maximum absolute atomic E-state index is 6.30. The first-order valence-electron chi connectivity index (χ1n) is 6.68. The second-order valence-electron chi connectivity index (χ2n) is 5.09. The van der Waals surface area contributed by atoms with Crippen LogP contribution in [0.15, 0.2) is 18.2 Å². The first kappa shape index (κ1) is 15.0. The third-order valence-corrected chi connectivity index (χ3v) is 3.62. The summed E-state index contributed by atoms with van der Waals surface area (Å²) >= 11 is 0. The van der Waals surface area contributed by atoms with E-state index in [1.165, 1.54) is 5.56 Å². The van der Waals surface area contributed by atoms with Crippen molar-refractivity contribution in [1.82, 2.24) is 0 Å². The predicted octanol–water partition coefficient (Wildman–Crippen LogP) is 2.80. The van der Waals surface area contributed by atoms with Crippen LogP contribution in [0.4, 0.5) is 0 Å². The van der Waals surface area contributed by atoms with Crippen molar-refractivity contribution < 1.29 is 4.74 Å². The standard InChI is InChI=1S/C15H26N2O/c1-5-11(9-16)15(17)13-7-6-12(10(2)3)8-14(13)18-4/h6-8,10-11,15H,5,9,16-17H2,1-4H3. The highest BCUT2D eigenvalue weighted by Gasteiger charge is 2.20. The lowest BCUT2D eigenvalue weighted by molar-refractivity contribution is 0.380. The Hall–Kier alpha value is -1.06. The zero-order chi connectivity index (χ0) is 13.7. The Bertz CT molecular complexity index is 373. The van der Waals surface area contributed by atoms with Gasteiger partial charge in [-0.05, 0) is 30.0 Å². The molecular formula is C15H26N2O. The van der Waals surface area contributed by atoms with Gasteiger partial charge >= 0.3 is 0 Å². The van der Waals surface area contributed by atoms with E-state index in [0.717, 1.165) is 17.7 Å². The molecule has 0 aliphatic rings. The summed E-state index contributed by atoms with van der Waals surface area (Å²) in [7, 11) is 1.69. The number of nitrogens with two attached hydrogens (primary N) is 2. The molecule has 0 heterocycles. The number of hydrogen-bond donors (Lipinski definition) is 2. The van der Waals surface area contributed by atoms with Gasteiger partial charge in [0.2, 0.25) is 0 Å². The average molecular weight is 250 g/mol. The van der Waals surface area contributed by atoms with Crippen molar-refractivity contribution in [2.75, 3.05) is 13.7 Å². The van der Waals surface area contributed by atoms with E-state index in [2.05, 4.69) is 39.0 Å². The Morgan fingerprint density at radius 1 is 1.28 bits per heavy atom. The van der Waals surface area contributed by atoms with Gasteiger partial charge in [-0.1, -0.05) is 39.3 Å². The minimum absolute atomic E-state index is 0.0591. The molecule has 3 nitrogen and oxygen atoms in total. The Labute approximate surface area is 111 Å². The Kier molecular flexibility index (Phi) is 5.63. The molecule has 0 saturated carbocycles. The van der Waals surface area contributed by atoms with E-state index in [1.54, 1.807) is 7.11 Å². The van der Waals surface area contributed by atoms with Gasteiger partial charge in [-0.2, -0.15) is 0 Å². The van der Waals surface area contributed by atoms with Gasteiger partial charge in [-0.15, -0.1) is 0 Å². The molecule has 0 radical (unpaired) electrons. The molecule has 4 N–H and O–H groups in total. The van der Waals surface area contributed by atoms with Crippen LogP contribution in [0.3, 0.4) is 0 Å². The minimum atomic E-state index is -0.0591. The summed E-state index contributed by atoms with van der Waals surface area (Å²) in [5.74, 6) is 1.66. The fourth-order valence-corrected chi connectivity index (χ4v) is 2.18. The molecule has 0 amide bonds. The summed E-state index contributed by atoms with van der Waals surface area (Å²) in [5.41, 5.74) is 14.4. The first-order chi connectivity index (χ1) is 8.54. The molecule has 102 valence electrons. The molecule has 0 spiro atoms. The minimum Gasteiger partial charge on any atom is -0.496 e. The number of methoxy groups -OCH3 is 1. The molecule has 0 saturated heterocycles. The predicted molar refractivity (Wildman–Crippen MR) is 76.8 cm³/mol. The van der Waals surface area contributed by atoms with E-state index < -0.39 is 0 Å². The molecule has 0 aliphatic heterocycles. The van der Waals surface area contributed by atoms with Crippen molar-refractivity contribution in [1.29, 1.82) is 0 Å². The van der Waals surface area contributed by atoms with Crippen LogP contribution >= 0.6 is 0 Å². The Morgan fingerprint density at radius 3 is 2.39 bits per heavy atom. The summed E-state index contributed by atoms with van der Waals surface area (Å²) < 4.78 is 5.48. The molecule has 0 aliphatic carbocycles. The lowest BCUT2D eigenvalue weighted by Crippen LogP contribution is -2.27. The van der Waals surface area contributed by atoms with Gasteiger partial charge in [0.15, 0.2) is 0 Å². The van der Waals surface area contributed by atoms with Gasteiger partial charge in [-0.3, -0.25) is 0 Å². The average Bonchev–Trinajstić information content (AvgIpc) is 2.39. The number of ether oxygens (including phenoxy) is 1. The van der Waals surface area contributed by atoms with Crippen molar-refractivity contribution in [2.45, 2.75) is 39.2 Å². The summed E-state index contributed by atoms with van der Waals surface area (Å²) in [6.45, 7) is 7.06. The van der Waals surface area contributed by atoms with Crippen LogP contribution < -0.4 is 16.2 Å². The summed E-state index contributed by atoms with van der Waals surface area (Å²) in [4.78, 5) is 0. The monoisotopic (exact) mass is 250 g/mol. The molecule has 0 bridgehead atoms. The van der Waals surface area contributed by atoms with Crippen molar-refractivity contribution in [3.05, 3.63) is 29.3 Å². The molecular weight excluding hydrogens is 224 g/mol. The second kappa shape index (κ2) is 6.76. The normalized spacial score (nSPS) is 14.6.